The fourth-order valence-corrected chi connectivity index (χ4v) is 1.89. The Balaban J connectivity index is 2.05. The van der Waals surface area contributed by atoms with E-state index in [1.807, 2.05) is 6.92 Å². The fourth-order valence-electron chi connectivity index (χ4n) is 1.89. The molecule has 2 aromatic rings. The van der Waals surface area contributed by atoms with E-state index >= 15 is 0 Å². The van der Waals surface area contributed by atoms with Gasteiger partial charge in [-0.2, -0.15) is 0 Å². The Morgan fingerprint density at radius 2 is 2.25 bits per heavy atom. The molecule has 0 fully saturated rings. The summed E-state index contributed by atoms with van der Waals surface area (Å²) in [6.07, 6.45) is 5.13. The first-order valence-corrected chi connectivity index (χ1v) is 6.32. The van der Waals surface area contributed by atoms with Crippen molar-refractivity contribution in [3.8, 4) is 0 Å². The number of carbonyl (C=O) groups is 1. The molecule has 0 amide bonds. The minimum absolute atomic E-state index is 0.0270. The number of carbonyl (C=O) groups excluding carboxylic acids is 1. The molecular formula is C14H16FN3O2. The average Bonchev–Trinajstić information content (AvgIpc) is 2.78. The zero-order valence-corrected chi connectivity index (χ0v) is 11.2. The number of aryl methyl sites for hydroxylation is 1. The first-order valence-electron chi connectivity index (χ1n) is 6.32. The van der Waals surface area contributed by atoms with Crippen molar-refractivity contribution in [2.24, 2.45) is 0 Å². The van der Waals surface area contributed by atoms with Gasteiger partial charge in [-0.15, -0.1) is 0 Å². The maximum Gasteiger partial charge on any atom is 0.355 e. The van der Waals surface area contributed by atoms with Gasteiger partial charge in [-0.3, -0.25) is 4.98 Å². The van der Waals surface area contributed by atoms with Crippen molar-refractivity contribution in [1.29, 1.82) is 0 Å². The van der Waals surface area contributed by atoms with Gasteiger partial charge in [-0.25, -0.2) is 9.18 Å². The summed E-state index contributed by atoms with van der Waals surface area (Å²) in [7, 11) is 0. The number of anilines is 1. The lowest BCUT2D eigenvalue weighted by Crippen LogP contribution is -2.11. The molecule has 0 atom stereocenters. The highest BCUT2D eigenvalue weighted by molar-refractivity contribution is 5.89. The van der Waals surface area contributed by atoms with Gasteiger partial charge in [-0.05, 0) is 18.6 Å². The lowest BCUT2D eigenvalue weighted by molar-refractivity contribution is 0.0459. The minimum Gasteiger partial charge on any atom is -0.456 e. The van der Waals surface area contributed by atoms with Gasteiger partial charge in [-0.1, -0.05) is 6.92 Å². The molecule has 0 saturated carbocycles. The van der Waals surface area contributed by atoms with E-state index < -0.39 is 11.8 Å². The smallest absolute Gasteiger partial charge is 0.355 e. The monoisotopic (exact) mass is 277 g/mol. The molecule has 2 rings (SSSR count). The molecule has 0 radical (unpaired) electrons. The van der Waals surface area contributed by atoms with Crippen LogP contribution in [0.15, 0.2) is 30.7 Å². The van der Waals surface area contributed by atoms with Gasteiger partial charge >= 0.3 is 5.97 Å². The van der Waals surface area contributed by atoms with Crippen LogP contribution in [0.4, 0.5) is 10.1 Å². The van der Waals surface area contributed by atoms with Gasteiger partial charge in [0, 0.05) is 24.5 Å². The van der Waals surface area contributed by atoms with Gasteiger partial charge in [0.2, 0.25) is 0 Å². The number of esters is 1. The normalized spacial score (nSPS) is 10.5. The van der Waals surface area contributed by atoms with Gasteiger partial charge in [0.15, 0.2) is 0 Å². The Labute approximate surface area is 116 Å². The third kappa shape index (κ3) is 3.34. The van der Waals surface area contributed by atoms with Gasteiger partial charge < -0.3 is 15.0 Å². The molecule has 0 spiro atoms. The largest absolute Gasteiger partial charge is 0.456 e. The molecule has 0 aliphatic carbocycles. The maximum atomic E-state index is 13.0. The van der Waals surface area contributed by atoms with E-state index in [4.69, 9.17) is 10.5 Å². The molecule has 2 aromatic heterocycles. The summed E-state index contributed by atoms with van der Waals surface area (Å²) in [4.78, 5) is 15.7. The molecule has 0 aliphatic rings. The van der Waals surface area contributed by atoms with E-state index in [0.717, 1.165) is 12.6 Å². The van der Waals surface area contributed by atoms with Gasteiger partial charge in [0.25, 0.3) is 0 Å². The van der Waals surface area contributed by atoms with Crippen molar-refractivity contribution in [2.45, 2.75) is 26.5 Å². The Hall–Kier alpha value is -2.37. The molecule has 2 heterocycles. The highest BCUT2D eigenvalue weighted by Crippen LogP contribution is 2.14. The summed E-state index contributed by atoms with van der Waals surface area (Å²) < 4.78 is 19.9. The number of halogens is 1. The quantitative estimate of drug-likeness (QED) is 0.852. The third-order valence-corrected chi connectivity index (χ3v) is 2.72. The van der Waals surface area contributed by atoms with E-state index in [1.54, 1.807) is 16.8 Å². The standard InChI is InChI=1S/C14H16FN3O2/c1-2-3-18-8-12(16)5-13(18)14(19)20-9-10-4-11(15)7-17-6-10/h4-8H,2-3,9,16H2,1H3. The predicted octanol–water partition coefficient (Wildman–Crippen LogP) is 2.37. The molecule has 0 aliphatic heterocycles. The van der Waals surface area contributed by atoms with Gasteiger partial charge in [0.05, 0.1) is 11.9 Å². The number of aromatic nitrogens is 2. The van der Waals surface area contributed by atoms with Crippen LogP contribution in [0.5, 0.6) is 0 Å². The van der Waals surface area contributed by atoms with Crippen LogP contribution >= 0.6 is 0 Å². The van der Waals surface area contributed by atoms with Crippen molar-refractivity contribution in [3.05, 3.63) is 47.8 Å². The first-order chi connectivity index (χ1) is 9.60. The van der Waals surface area contributed by atoms with Crippen LogP contribution in [0.2, 0.25) is 0 Å². The van der Waals surface area contributed by atoms with Crippen molar-refractivity contribution in [3.63, 3.8) is 0 Å². The SMILES string of the molecule is CCCn1cc(N)cc1C(=O)OCc1cncc(F)c1. The van der Waals surface area contributed by atoms with E-state index in [1.165, 1.54) is 12.3 Å². The van der Waals surface area contributed by atoms with Crippen molar-refractivity contribution in [2.75, 3.05) is 5.73 Å². The first kappa shape index (κ1) is 14.0. The fraction of sp³-hybridized carbons (Fsp3) is 0.286. The van der Waals surface area contributed by atoms with Crippen LogP contribution in [-0.4, -0.2) is 15.5 Å². The summed E-state index contributed by atoms with van der Waals surface area (Å²) in [5.74, 6) is -0.948. The summed E-state index contributed by atoms with van der Waals surface area (Å²) >= 11 is 0. The number of hydrogen-bond donors (Lipinski definition) is 1. The molecule has 6 heteroatoms. The van der Waals surface area contributed by atoms with Crippen LogP contribution in [0.3, 0.4) is 0 Å². The Morgan fingerprint density at radius 3 is 2.95 bits per heavy atom. The number of nitrogens with two attached hydrogens (primary N) is 1. The second-order valence-electron chi connectivity index (χ2n) is 4.44. The highest BCUT2D eigenvalue weighted by atomic mass is 19.1. The maximum absolute atomic E-state index is 13.0. The molecule has 2 N–H and O–H groups in total. The second-order valence-corrected chi connectivity index (χ2v) is 4.44. The zero-order chi connectivity index (χ0) is 14.5. The van der Waals surface area contributed by atoms with Crippen LogP contribution in [0.1, 0.15) is 29.4 Å². The van der Waals surface area contributed by atoms with Crippen LogP contribution in [0.25, 0.3) is 0 Å². The molecule has 0 unspecified atom stereocenters. The summed E-state index contributed by atoms with van der Waals surface area (Å²) in [6.45, 7) is 2.66. The Morgan fingerprint density at radius 1 is 1.45 bits per heavy atom. The number of nitrogens with zero attached hydrogens (tertiary/aromatic N) is 2. The number of ether oxygens (including phenoxy) is 1. The molecule has 106 valence electrons. The lowest BCUT2D eigenvalue weighted by Gasteiger charge is -2.08. The van der Waals surface area contributed by atoms with E-state index in [-0.39, 0.29) is 6.61 Å². The molecular weight excluding hydrogens is 261 g/mol. The van der Waals surface area contributed by atoms with Gasteiger partial charge in [0.1, 0.15) is 18.1 Å². The summed E-state index contributed by atoms with van der Waals surface area (Å²) in [6, 6.07) is 2.85. The number of rotatable bonds is 5. The number of hydrogen-bond acceptors (Lipinski definition) is 4. The molecule has 0 bridgehead atoms. The summed E-state index contributed by atoms with van der Waals surface area (Å²) in [5, 5.41) is 0. The van der Waals surface area contributed by atoms with Crippen LogP contribution in [-0.2, 0) is 17.9 Å². The lowest BCUT2D eigenvalue weighted by atomic mass is 10.3. The molecule has 0 saturated heterocycles. The van der Waals surface area contributed by atoms with Crippen molar-refractivity contribution in [1.82, 2.24) is 9.55 Å². The van der Waals surface area contributed by atoms with E-state index in [9.17, 15) is 9.18 Å². The van der Waals surface area contributed by atoms with Crippen molar-refractivity contribution >= 4 is 11.7 Å². The number of pyridine rings is 1. The average molecular weight is 277 g/mol. The van der Waals surface area contributed by atoms with Crippen LogP contribution in [0, 0.1) is 5.82 Å². The molecule has 0 aromatic carbocycles. The highest BCUT2D eigenvalue weighted by Gasteiger charge is 2.14. The third-order valence-electron chi connectivity index (χ3n) is 2.72. The second kappa shape index (κ2) is 6.18. The topological polar surface area (TPSA) is 70.1 Å². The molecule has 20 heavy (non-hydrogen) atoms. The van der Waals surface area contributed by atoms with E-state index in [0.29, 0.717) is 23.5 Å². The van der Waals surface area contributed by atoms with E-state index in [2.05, 4.69) is 4.98 Å². The molecule has 5 nitrogen and oxygen atoms in total. The predicted molar refractivity (Wildman–Crippen MR) is 72.4 cm³/mol. The zero-order valence-electron chi connectivity index (χ0n) is 11.2. The Bertz CT molecular complexity index is 610. The van der Waals surface area contributed by atoms with Crippen LogP contribution < -0.4 is 5.73 Å². The number of nitrogen functional groups attached to an aromatic ring is 1. The minimum atomic E-state index is -0.487. The van der Waals surface area contributed by atoms with Crippen molar-refractivity contribution < 1.29 is 13.9 Å². The Kier molecular flexibility index (Phi) is 4.34. The summed E-state index contributed by atoms with van der Waals surface area (Å²) in [5.41, 5.74) is 7.10.